The van der Waals surface area contributed by atoms with Crippen molar-refractivity contribution >= 4 is 5.91 Å². The normalized spacial score (nSPS) is 17.8. The SMILES string of the molecule is CC1CCCc2ncc(C(=O)NCCc3ccoc3)n21. The van der Waals surface area contributed by atoms with Crippen LogP contribution in [0, 0.1) is 0 Å². The molecule has 0 fully saturated rings. The van der Waals surface area contributed by atoms with E-state index in [1.807, 2.05) is 6.07 Å². The largest absolute Gasteiger partial charge is 0.472 e. The summed E-state index contributed by atoms with van der Waals surface area (Å²) in [5.41, 5.74) is 1.77. The lowest BCUT2D eigenvalue weighted by atomic mass is 10.1. The van der Waals surface area contributed by atoms with E-state index < -0.39 is 0 Å². The van der Waals surface area contributed by atoms with Gasteiger partial charge in [-0.15, -0.1) is 0 Å². The van der Waals surface area contributed by atoms with E-state index in [0.29, 0.717) is 18.3 Å². The Morgan fingerprint density at radius 2 is 2.50 bits per heavy atom. The quantitative estimate of drug-likeness (QED) is 0.930. The molecule has 3 rings (SSSR count). The molecular weight excluding hydrogens is 254 g/mol. The van der Waals surface area contributed by atoms with E-state index in [-0.39, 0.29) is 5.91 Å². The fraction of sp³-hybridized carbons (Fsp3) is 0.467. The molecule has 1 unspecified atom stereocenters. The van der Waals surface area contributed by atoms with Gasteiger partial charge in [0.15, 0.2) is 0 Å². The van der Waals surface area contributed by atoms with Crippen LogP contribution in [0.4, 0.5) is 0 Å². The Morgan fingerprint density at radius 1 is 1.60 bits per heavy atom. The number of rotatable bonds is 4. The van der Waals surface area contributed by atoms with Crippen LogP contribution in [0.3, 0.4) is 0 Å². The number of imidazole rings is 1. The van der Waals surface area contributed by atoms with Gasteiger partial charge in [-0.2, -0.15) is 0 Å². The fourth-order valence-electron chi connectivity index (χ4n) is 2.77. The molecule has 20 heavy (non-hydrogen) atoms. The zero-order valence-corrected chi connectivity index (χ0v) is 11.6. The number of nitrogens with one attached hydrogen (secondary N) is 1. The molecule has 2 aromatic rings. The summed E-state index contributed by atoms with van der Waals surface area (Å²) in [5, 5.41) is 2.95. The molecule has 0 aromatic carbocycles. The molecule has 1 aliphatic heterocycles. The topological polar surface area (TPSA) is 60.1 Å². The number of amides is 1. The summed E-state index contributed by atoms with van der Waals surface area (Å²) in [4.78, 5) is 16.6. The van der Waals surface area contributed by atoms with E-state index in [0.717, 1.165) is 37.1 Å². The molecule has 0 aliphatic carbocycles. The first-order chi connectivity index (χ1) is 9.75. The molecule has 5 heteroatoms. The Balaban J connectivity index is 1.64. The molecular formula is C15H19N3O2. The maximum atomic E-state index is 12.3. The van der Waals surface area contributed by atoms with Crippen LogP contribution in [0.25, 0.3) is 0 Å². The van der Waals surface area contributed by atoms with Crippen molar-refractivity contribution in [3.8, 4) is 0 Å². The minimum atomic E-state index is -0.0407. The van der Waals surface area contributed by atoms with E-state index in [9.17, 15) is 4.79 Å². The van der Waals surface area contributed by atoms with Crippen molar-refractivity contribution < 1.29 is 9.21 Å². The van der Waals surface area contributed by atoms with E-state index in [2.05, 4.69) is 21.8 Å². The van der Waals surface area contributed by atoms with Crippen LogP contribution < -0.4 is 5.32 Å². The summed E-state index contributed by atoms with van der Waals surface area (Å²) >= 11 is 0. The summed E-state index contributed by atoms with van der Waals surface area (Å²) in [6, 6.07) is 2.27. The van der Waals surface area contributed by atoms with Crippen molar-refractivity contribution in [1.29, 1.82) is 0 Å². The third-order valence-electron chi connectivity index (χ3n) is 3.85. The highest BCUT2D eigenvalue weighted by Crippen LogP contribution is 2.25. The van der Waals surface area contributed by atoms with Gasteiger partial charge in [0.1, 0.15) is 11.5 Å². The second-order valence-electron chi connectivity index (χ2n) is 5.31. The minimum absolute atomic E-state index is 0.0407. The van der Waals surface area contributed by atoms with Gasteiger partial charge in [-0.1, -0.05) is 0 Å². The van der Waals surface area contributed by atoms with E-state index in [1.165, 1.54) is 0 Å². The highest BCUT2D eigenvalue weighted by Gasteiger charge is 2.23. The molecule has 2 aromatic heterocycles. The van der Waals surface area contributed by atoms with Crippen molar-refractivity contribution in [3.05, 3.63) is 41.9 Å². The Morgan fingerprint density at radius 3 is 3.30 bits per heavy atom. The molecule has 106 valence electrons. The first kappa shape index (κ1) is 13.0. The van der Waals surface area contributed by atoms with E-state index in [1.54, 1.807) is 18.7 Å². The lowest BCUT2D eigenvalue weighted by molar-refractivity contribution is 0.0941. The zero-order valence-electron chi connectivity index (χ0n) is 11.6. The molecule has 0 radical (unpaired) electrons. The van der Waals surface area contributed by atoms with Crippen molar-refractivity contribution in [3.63, 3.8) is 0 Å². The third-order valence-corrected chi connectivity index (χ3v) is 3.85. The van der Waals surface area contributed by atoms with Crippen LogP contribution in [0.5, 0.6) is 0 Å². The smallest absolute Gasteiger partial charge is 0.269 e. The summed E-state index contributed by atoms with van der Waals surface area (Å²) in [6.07, 6.45) is 9.05. The second-order valence-corrected chi connectivity index (χ2v) is 5.31. The molecule has 5 nitrogen and oxygen atoms in total. The molecule has 0 bridgehead atoms. The van der Waals surface area contributed by atoms with Gasteiger partial charge in [0.2, 0.25) is 0 Å². The highest BCUT2D eigenvalue weighted by molar-refractivity contribution is 5.92. The third kappa shape index (κ3) is 2.48. The maximum Gasteiger partial charge on any atom is 0.269 e. The first-order valence-corrected chi connectivity index (χ1v) is 7.11. The number of carbonyl (C=O) groups excluding carboxylic acids is 1. The van der Waals surface area contributed by atoms with Gasteiger partial charge in [-0.05, 0) is 37.8 Å². The van der Waals surface area contributed by atoms with Crippen LogP contribution in [0.15, 0.2) is 29.2 Å². The molecule has 3 heterocycles. The summed E-state index contributed by atoms with van der Waals surface area (Å²) in [6.45, 7) is 2.75. The number of furan rings is 1. The molecule has 1 aliphatic rings. The number of aryl methyl sites for hydroxylation is 1. The lowest BCUT2D eigenvalue weighted by Gasteiger charge is -2.23. The molecule has 1 amide bonds. The second kappa shape index (κ2) is 5.53. The van der Waals surface area contributed by atoms with Crippen molar-refractivity contribution in [2.24, 2.45) is 0 Å². The van der Waals surface area contributed by atoms with Gasteiger partial charge in [0.05, 0.1) is 18.7 Å². The van der Waals surface area contributed by atoms with Crippen LogP contribution in [0.2, 0.25) is 0 Å². The monoisotopic (exact) mass is 273 g/mol. The van der Waals surface area contributed by atoms with Crippen LogP contribution in [0.1, 0.15) is 47.7 Å². The standard InChI is InChI=1S/C15H19N3O2/c1-11-3-2-4-14-17-9-13(18(11)14)15(19)16-7-5-12-6-8-20-10-12/h6,8-11H,2-5,7H2,1H3,(H,16,19). The Bertz CT molecular complexity index is 586. The fourth-order valence-corrected chi connectivity index (χ4v) is 2.77. The summed E-state index contributed by atoms with van der Waals surface area (Å²) < 4.78 is 7.09. The molecule has 1 atom stereocenters. The Kier molecular flexibility index (Phi) is 3.58. The highest BCUT2D eigenvalue weighted by atomic mass is 16.3. The Labute approximate surface area is 118 Å². The maximum absolute atomic E-state index is 12.3. The number of nitrogens with zero attached hydrogens (tertiary/aromatic N) is 2. The number of fused-ring (bicyclic) bond motifs is 1. The number of aromatic nitrogens is 2. The Hall–Kier alpha value is -2.04. The van der Waals surface area contributed by atoms with E-state index in [4.69, 9.17) is 4.42 Å². The average molecular weight is 273 g/mol. The molecule has 0 spiro atoms. The minimum Gasteiger partial charge on any atom is -0.472 e. The van der Waals surface area contributed by atoms with Crippen molar-refractivity contribution in [2.45, 2.75) is 38.6 Å². The molecule has 0 saturated heterocycles. The first-order valence-electron chi connectivity index (χ1n) is 7.11. The van der Waals surface area contributed by atoms with Gasteiger partial charge < -0.3 is 14.3 Å². The van der Waals surface area contributed by atoms with Gasteiger partial charge in [-0.3, -0.25) is 4.79 Å². The van der Waals surface area contributed by atoms with E-state index >= 15 is 0 Å². The van der Waals surface area contributed by atoms with Crippen LogP contribution >= 0.6 is 0 Å². The number of hydrogen-bond acceptors (Lipinski definition) is 3. The van der Waals surface area contributed by atoms with Gasteiger partial charge >= 0.3 is 0 Å². The predicted octanol–water partition coefficient (Wildman–Crippen LogP) is 2.35. The predicted molar refractivity (Wildman–Crippen MR) is 74.6 cm³/mol. The van der Waals surface area contributed by atoms with Crippen molar-refractivity contribution in [1.82, 2.24) is 14.9 Å². The summed E-state index contributed by atoms with van der Waals surface area (Å²) in [7, 11) is 0. The van der Waals surface area contributed by atoms with Crippen LogP contribution in [-0.2, 0) is 12.8 Å². The number of hydrogen-bond donors (Lipinski definition) is 1. The zero-order chi connectivity index (χ0) is 13.9. The van der Waals surface area contributed by atoms with Crippen molar-refractivity contribution in [2.75, 3.05) is 6.54 Å². The van der Waals surface area contributed by atoms with Gasteiger partial charge in [0.25, 0.3) is 5.91 Å². The molecule has 0 saturated carbocycles. The molecule has 1 N–H and O–H groups in total. The van der Waals surface area contributed by atoms with Crippen LogP contribution in [-0.4, -0.2) is 22.0 Å². The lowest BCUT2D eigenvalue weighted by Crippen LogP contribution is -2.29. The summed E-state index contributed by atoms with van der Waals surface area (Å²) in [5.74, 6) is 0.990. The number of carbonyl (C=O) groups is 1. The van der Waals surface area contributed by atoms with Gasteiger partial charge in [0, 0.05) is 19.0 Å². The van der Waals surface area contributed by atoms with Gasteiger partial charge in [-0.25, -0.2) is 4.98 Å². The average Bonchev–Trinajstić information content (AvgIpc) is 3.07.